The molecule has 3 aromatic rings. The Labute approximate surface area is 120 Å². The Morgan fingerprint density at radius 2 is 1.76 bits per heavy atom. The van der Waals surface area contributed by atoms with Gasteiger partial charge in [0, 0.05) is 16.8 Å². The van der Waals surface area contributed by atoms with Crippen molar-refractivity contribution in [2.75, 3.05) is 11.1 Å². The predicted octanol–water partition coefficient (Wildman–Crippen LogP) is 2.63. The third-order valence-electron chi connectivity index (χ3n) is 3.05. The third-order valence-corrected chi connectivity index (χ3v) is 3.05. The van der Waals surface area contributed by atoms with Crippen molar-refractivity contribution < 1.29 is 9.21 Å². The average molecular weight is 280 g/mol. The van der Waals surface area contributed by atoms with Gasteiger partial charge in [0.2, 0.25) is 0 Å². The van der Waals surface area contributed by atoms with Crippen LogP contribution in [0.15, 0.2) is 63.8 Å². The lowest BCUT2D eigenvalue weighted by Gasteiger charge is -2.05. The summed E-state index contributed by atoms with van der Waals surface area (Å²) in [7, 11) is 0. The molecule has 3 rings (SSSR count). The van der Waals surface area contributed by atoms with Gasteiger partial charge in [-0.15, -0.1) is 0 Å². The van der Waals surface area contributed by atoms with Gasteiger partial charge in [-0.3, -0.25) is 4.79 Å². The molecule has 0 saturated carbocycles. The Kier molecular flexibility index (Phi) is 3.16. The third kappa shape index (κ3) is 2.62. The molecule has 0 fully saturated rings. The molecule has 21 heavy (non-hydrogen) atoms. The molecule has 5 heteroatoms. The van der Waals surface area contributed by atoms with E-state index in [1.807, 2.05) is 6.07 Å². The standard InChI is InChI=1S/C16H12N2O3/c17-11-5-7-12(8-6-11)18-15(19)13-9-10-3-1-2-4-14(10)21-16(13)20/h1-9H,17H2,(H,18,19). The quantitative estimate of drug-likeness (QED) is 0.558. The fourth-order valence-corrected chi connectivity index (χ4v) is 1.99. The first-order valence-corrected chi connectivity index (χ1v) is 6.33. The van der Waals surface area contributed by atoms with Crippen LogP contribution < -0.4 is 16.7 Å². The molecule has 5 nitrogen and oxygen atoms in total. The first-order chi connectivity index (χ1) is 10.1. The first-order valence-electron chi connectivity index (χ1n) is 6.33. The van der Waals surface area contributed by atoms with Crippen LogP contribution in [0.4, 0.5) is 11.4 Å². The SMILES string of the molecule is Nc1ccc(NC(=O)c2cc3ccccc3oc2=O)cc1. The van der Waals surface area contributed by atoms with Crippen molar-refractivity contribution in [1.29, 1.82) is 0 Å². The van der Waals surface area contributed by atoms with E-state index in [9.17, 15) is 9.59 Å². The van der Waals surface area contributed by atoms with Crippen LogP contribution in [-0.2, 0) is 0 Å². The number of hydrogen-bond donors (Lipinski definition) is 2. The topological polar surface area (TPSA) is 85.3 Å². The molecule has 1 heterocycles. The minimum absolute atomic E-state index is 0.0366. The van der Waals surface area contributed by atoms with Crippen LogP contribution in [0.25, 0.3) is 11.0 Å². The molecule has 0 aliphatic carbocycles. The highest BCUT2D eigenvalue weighted by Gasteiger charge is 2.13. The zero-order valence-corrected chi connectivity index (χ0v) is 11.0. The van der Waals surface area contributed by atoms with Gasteiger partial charge >= 0.3 is 5.63 Å². The molecular formula is C16H12N2O3. The summed E-state index contributed by atoms with van der Waals surface area (Å²) in [5.74, 6) is -0.515. The van der Waals surface area contributed by atoms with Gasteiger partial charge in [-0.25, -0.2) is 4.79 Å². The number of carbonyl (C=O) groups excluding carboxylic acids is 1. The highest BCUT2D eigenvalue weighted by Crippen LogP contribution is 2.15. The number of nitrogens with two attached hydrogens (primary N) is 1. The van der Waals surface area contributed by atoms with E-state index in [1.165, 1.54) is 6.07 Å². The normalized spacial score (nSPS) is 10.5. The number of anilines is 2. The Hall–Kier alpha value is -3.08. The van der Waals surface area contributed by atoms with E-state index in [1.54, 1.807) is 42.5 Å². The fraction of sp³-hybridized carbons (Fsp3) is 0. The van der Waals surface area contributed by atoms with Crippen molar-refractivity contribution in [3.63, 3.8) is 0 Å². The Balaban J connectivity index is 1.95. The highest BCUT2D eigenvalue weighted by atomic mass is 16.4. The number of para-hydroxylation sites is 1. The zero-order valence-electron chi connectivity index (χ0n) is 11.0. The van der Waals surface area contributed by atoms with Gasteiger partial charge in [-0.1, -0.05) is 18.2 Å². The highest BCUT2D eigenvalue weighted by molar-refractivity contribution is 6.05. The molecule has 0 spiro atoms. The Morgan fingerprint density at radius 3 is 2.52 bits per heavy atom. The number of nitrogens with one attached hydrogen (secondary N) is 1. The smallest absolute Gasteiger partial charge is 0.349 e. The van der Waals surface area contributed by atoms with Gasteiger partial charge in [0.25, 0.3) is 5.91 Å². The summed E-state index contributed by atoms with van der Waals surface area (Å²) < 4.78 is 5.13. The lowest BCUT2D eigenvalue weighted by molar-refractivity contribution is 0.102. The molecule has 0 saturated heterocycles. The van der Waals surface area contributed by atoms with E-state index in [4.69, 9.17) is 10.2 Å². The predicted molar refractivity (Wildman–Crippen MR) is 81.3 cm³/mol. The number of carbonyl (C=O) groups is 1. The summed E-state index contributed by atoms with van der Waals surface area (Å²) in [5, 5.41) is 3.33. The minimum atomic E-state index is -0.665. The molecule has 2 aromatic carbocycles. The minimum Gasteiger partial charge on any atom is -0.422 e. The summed E-state index contributed by atoms with van der Waals surface area (Å²) in [6.45, 7) is 0. The van der Waals surface area contributed by atoms with Gasteiger partial charge < -0.3 is 15.5 Å². The van der Waals surface area contributed by atoms with Crippen LogP contribution in [0.2, 0.25) is 0 Å². The van der Waals surface area contributed by atoms with Crippen molar-refractivity contribution in [3.8, 4) is 0 Å². The molecule has 3 N–H and O–H groups in total. The summed E-state index contributed by atoms with van der Waals surface area (Å²) in [6.07, 6.45) is 0. The number of amides is 1. The second kappa shape index (κ2) is 5.13. The second-order valence-corrected chi connectivity index (χ2v) is 4.56. The molecule has 1 aromatic heterocycles. The van der Waals surface area contributed by atoms with E-state index < -0.39 is 11.5 Å². The van der Waals surface area contributed by atoms with E-state index in [-0.39, 0.29) is 5.56 Å². The molecule has 0 aliphatic heterocycles. The van der Waals surface area contributed by atoms with E-state index in [0.29, 0.717) is 22.3 Å². The Morgan fingerprint density at radius 1 is 1.05 bits per heavy atom. The maximum absolute atomic E-state index is 12.2. The van der Waals surface area contributed by atoms with Crippen molar-refractivity contribution in [2.24, 2.45) is 0 Å². The summed E-state index contributed by atoms with van der Waals surface area (Å²) in [4.78, 5) is 24.0. The van der Waals surface area contributed by atoms with Gasteiger partial charge in [0.15, 0.2) is 0 Å². The van der Waals surface area contributed by atoms with Gasteiger partial charge in [-0.05, 0) is 36.4 Å². The van der Waals surface area contributed by atoms with Crippen LogP contribution in [-0.4, -0.2) is 5.91 Å². The van der Waals surface area contributed by atoms with Crippen molar-refractivity contribution >= 4 is 28.3 Å². The molecule has 0 bridgehead atoms. The van der Waals surface area contributed by atoms with E-state index in [0.717, 1.165) is 0 Å². The summed E-state index contributed by atoms with van der Waals surface area (Å²) in [5.41, 5.74) is 6.48. The maximum Gasteiger partial charge on any atom is 0.349 e. The first kappa shape index (κ1) is 12.9. The second-order valence-electron chi connectivity index (χ2n) is 4.56. The van der Waals surface area contributed by atoms with Crippen molar-refractivity contribution in [2.45, 2.75) is 0 Å². The molecule has 0 unspecified atom stereocenters. The molecular weight excluding hydrogens is 268 g/mol. The molecule has 0 aliphatic rings. The van der Waals surface area contributed by atoms with Crippen molar-refractivity contribution in [1.82, 2.24) is 0 Å². The average Bonchev–Trinajstić information content (AvgIpc) is 2.49. The molecule has 0 radical (unpaired) electrons. The summed E-state index contributed by atoms with van der Waals surface area (Å²) >= 11 is 0. The van der Waals surface area contributed by atoms with Gasteiger partial charge in [0.05, 0.1) is 0 Å². The van der Waals surface area contributed by atoms with Crippen molar-refractivity contribution in [3.05, 3.63) is 70.6 Å². The maximum atomic E-state index is 12.2. The molecule has 104 valence electrons. The number of benzene rings is 2. The molecule has 0 atom stereocenters. The van der Waals surface area contributed by atoms with Crippen LogP contribution in [0.5, 0.6) is 0 Å². The van der Waals surface area contributed by atoms with Crippen LogP contribution in [0, 0.1) is 0 Å². The summed E-state index contributed by atoms with van der Waals surface area (Å²) in [6, 6.07) is 15.2. The largest absolute Gasteiger partial charge is 0.422 e. The van der Waals surface area contributed by atoms with E-state index >= 15 is 0 Å². The van der Waals surface area contributed by atoms with Gasteiger partial charge in [0.1, 0.15) is 11.1 Å². The number of nitrogen functional groups attached to an aromatic ring is 1. The number of rotatable bonds is 2. The fourth-order valence-electron chi connectivity index (χ4n) is 1.99. The van der Waals surface area contributed by atoms with Crippen LogP contribution in [0.1, 0.15) is 10.4 Å². The number of hydrogen-bond acceptors (Lipinski definition) is 4. The zero-order chi connectivity index (χ0) is 14.8. The van der Waals surface area contributed by atoms with Crippen LogP contribution >= 0.6 is 0 Å². The van der Waals surface area contributed by atoms with Gasteiger partial charge in [-0.2, -0.15) is 0 Å². The lowest BCUT2D eigenvalue weighted by atomic mass is 10.1. The Bertz CT molecular complexity index is 867. The van der Waals surface area contributed by atoms with E-state index in [2.05, 4.69) is 5.32 Å². The number of fused-ring (bicyclic) bond motifs is 1. The molecule has 1 amide bonds. The monoisotopic (exact) mass is 280 g/mol. The van der Waals surface area contributed by atoms with Crippen LogP contribution in [0.3, 0.4) is 0 Å². The lowest BCUT2D eigenvalue weighted by Crippen LogP contribution is -2.20.